The van der Waals surface area contributed by atoms with Crippen LogP contribution in [0.5, 0.6) is 5.75 Å². The summed E-state index contributed by atoms with van der Waals surface area (Å²) in [5.41, 5.74) is 3.63. The zero-order valence-corrected chi connectivity index (χ0v) is 14.1. The van der Waals surface area contributed by atoms with Gasteiger partial charge in [0.15, 0.2) is 0 Å². The Morgan fingerprint density at radius 2 is 2.14 bits per heavy atom. The molecule has 1 aromatic heterocycles. The molecule has 1 heterocycles. The molecule has 0 radical (unpaired) electrons. The molecule has 0 fully saturated rings. The van der Waals surface area contributed by atoms with Crippen LogP contribution in [0.25, 0.3) is 0 Å². The molecule has 1 N–H and O–H groups in total. The number of ether oxygens (including phenoxy) is 1. The first-order valence-electron chi connectivity index (χ1n) is 7.43. The lowest BCUT2D eigenvalue weighted by atomic mass is 10.0. The van der Waals surface area contributed by atoms with E-state index in [0.717, 1.165) is 35.8 Å². The summed E-state index contributed by atoms with van der Waals surface area (Å²) in [4.78, 5) is 4.65. The van der Waals surface area contributed by atoms with Gasteiger partial charge < -0.3 is 10.1 Å². The molecule has 1 atom stereocenters. The Hall–Kier alpha value is -1.39. The topological polar surface area (TPSA) is 34.1 Å². The van der Waals surface area contributed by atoms with Crippen molar-refractivity contribution in [1.82, 2.24) is 10.3 Å². The minimum Gasteiger partial charge on any atom is -0.496 e. The average Bonchev–Trinajstić information content (AvgIpc) is 2.90. The lowest BCUT2D eigenvalue weighted by Crippen LogP contribution is -2.24. The third-order valence-electron chi connectivity index (χ3n) is 3.49. The first kappa shape index (κ1) is 16.0. The molecule has 0 aliphatic rings. The zero-order chi connectivity index (χ0) is 15.2. The number of benzene rings is 1. The van der Waals surface area contributed by atoms with Gasteiger partial charge in [-0.2, -0.15) is 0 Å². The van der Waals surface area contributed by atoms with E-state index < -0.39 is 0 Å². The first-order valence-corrected chi connectivity index (χ1v) is 8.31. The summed E-state index contributed by atoms with van der Waals surface area (Å²) in [6.45, 7) is 7.35. The second-order valence-electron chi connectivity index (χ2n) is 5.32. The monoisotopic (exact) mass is 304 g/mol. The molecule has 2 rings (SSSR count). The molecule has 2 aromatic rings. The number of methoxy groups -OCH3 is 1. The van der Waals surface area contributed by atoms with Gasteiger partial charge in [-0.1, -0.05) is 24.6 Å². The van der Waals surface area contributed by atoms with Crippen LogP contribution in [0.4, 0.5) is 0 Å². The molecule has 0 bridgehead atoms. The van der Waals surface area contributed by atoms with Crippen LogP contribution < -0.4 is 10.1 Å². The number of nitrogens with one attached hydrogen (secondary N) is 1. The maximum atomic E-state index is 5.50. The maximum Gasteiger partial charge on any atom is 0.122 e. The van der Waals surface area contributed by atoms with Crippen LogP contribution in [-0.2, 0) is 6.42 Å². The fraction of sp³-hybridized carbons (Fsp3) is 0.471. The van der Waals surface area contributed by atoms with Crippen LogP contribution >= 0.6 is 11.3 Å². The maximum absolute atomic E-state index is 5.50. The predicted octanol–water partition coefficient (Wildman–Crippen LogP) is 4.05. The number of nitrogens with zero attached hydrogens (tertiary/aromatic N) is 1. The second-order valence-corrected chi connectivity index (χ2v) is 6.38. The van der Waals surface area contributed by atoms with E-state index in [4.69, 9.17) is 4.74 Å². The van der Waals surface area contributed by atoms with E-state index in [2.05, 4.69) is 48.6 Å². The molecule has 4 heteroatoms. The highest BCUT2D eigenvalue weighted by Crippen LogP contribution is 2.27. The van der Waals surface area contributed by atoms with Crippen molar-refractivity contribution in [3.05, 3.63) is 45.4 Å². The molecule has 0 aliphatic heterocycles. The molecule has 21 heavy (non-hydrogen) atoms. The van der Waals surface area contributed by atoms with Gasteiger partial charge in [0.1, 0.15) is 5.75 Å². The van der Waals surface area contributed by atoms with Gasteiger partial charge in [-0.3, -0.25) is 0 Å². The zero-order valence-electron chi connectivity index (χ0n) is 13.3. The van der Waals surface area contributed by atoms with E-state index >= 15 is 0 Å². The SMILES string of the molecule is CCCNC(Cc1cc(C)ccc1OC)c1csc(C)n1. The van der Waals surface area contributed by atoms with Crippen LogP contribution in [0.3, 0.4) is 0 Å². The van der Waals surface area contributed by atoms with Crippen molar-refractivity contribution in [2.45, 2.75) is 39.7 Å². The Bertz CT molecular complexity index is 580. The van der Waals surface area contributed by atoms with Crippen molar-refractivity contribution in [1.29, 1.82) is 0 Å². The van der Waals surface area contributed by atoms with E-state index in [9.17, 15) is 0 Å². The van der Waals surface area contributed by atoms with Crippen LogP contribution in [0.15, 0.2) is 23.6 Å². The molecule has 0 saturated heterocycles. The highest BCUT2D eigenvalue weighted by atomic mass is 32.1. The number of hydrogen-bond donors (Lipinski definition) is 1. The molecule has 3 nitrogen and oxygen atoms in total. The molecule has 1 aromatic carbocycles. The van der Waals surface area contributed by atoms with Gasteiger partial charge in [0, 0.05) is 5.38 Å². The smallest absolute Gasteiger partial charge is 0.122 e. The summed E-state index contributed by atoms with van der Waals surface area (Å²) in [7, 11) is 1.73. The number of aromatic nitrogens is 1. The fourth-order valence-corrected chi connectivity index (χ4v) is 3.09. The predicted molar refractivity (Wildman–Crippen MR) is 89.3 cm³/mol. The lowest BCUT2D eigenvalue weighted by Gasteiger charge is -2.18. The van der Waals surface area contributed by atoms with Gasteiger partial charge in [0.2, 0.25) is 0 Å². The molecule has 0 saturated carbocycles. The van der Waals surface area contributed by atoms with Gasteiger partial charge in [-0.05, 0) is 44.9 Å². The van der Waals surface area contributed by atoms with Crippen LogP contribution in [-0.4, -0.2) is 18.6 Å². The summed E-state index contributed by atoms with van der Waals surface area (Å²) in [5.74, 6) is 0.954. The van der Waals surface area contributed by atoms with Gasteiger partial charge in [0.25, 0.3) is 0 Å². The van der Waals surface area contributed by atoms with E-state index in [1.807, 2.05) is 6.07 Å². The van der Waals surface area contributed by atoms with Crippen LogP contribution in [0.1, 0.15) is 41.2 Å². The van der Waals surface area contributed by atoms with Crippen LogP contribution in [0.2, 0.25) is 0 Å². The molecular formula is C17H24N2OS. The van der Waals surface area contributed by atoms with Gasteiger partial charge in [0.05, 0.1) is 23.9 Å². The summed E-state index contributed by atoms with van der Waals surface area (Å²) in [5, 5.41) is 6.88. The molecule has 114 valence electrons. The third-order valence-corrected chi connectivity index (χ3v) is 4.29. The van der Waals surface area contributed by atoms with E-state index in [1.54, 1.807) is 18.4 Å². The van der Waals surface area contributed by atoms with Gasteiger partial charge in [-0.15, -0.1) is 11.3 Å². The quantitative estimate of drug-likeness (QED) is 0.838. The van der Waals surface area contributed by atoms with E-state index in [-0.39, 0.29) is 6.04 Å². The number of hydrogen-bond acceptors (Lipinski definition) is 4. The van der Waals surface area contributed by atoms with Gasteiger partial charge >= 0.3 is 0 Å². The van der Waals surface area contributed by atoms with Gasteiger partial charge in [-0.25, -0.2) is 4.98 Å². The number of thiazole rings is 1. The minimum atomic E-state index is 0.241. The molecular weight excluding hydrogens is 280 g/mol. The summed E-state index contributed by atoms with van der Waals surface area (Å²) >= 11 is 1.71. The highest BCUT2D eigenvalue weighted by molar-refractivity contribution is 7.09. The molecule has 0 spiro atoms. The lowest BCUT2D eigenvalue weighted by molar-refractivity contribution is 0.404. The van der Waals surface area contributed by atoms with Crippen molar-refractivity contribution in [3.8, 4) is 5.75 Å². The average molecular weight is 304 g/mol. The van der Waals surface area contributed by atoms with Crippen molar-refractivity contribution in [2.75, 3.05) is 13.7 Å². The molecule has 0 aliphatic carbocycles. The van der Waals surface area contributed by atoms with Crippen molar-refractivity contribution in [2.24, 2.45) is 0 Å². The Morgan fingerprint density at radius 3 is 2.76 bits per heavy atom. The summed E-state index contributed by atoms with van der Waals surface area (Å²) in [6, 6.07) is 6.58. The number of rotatable bonds is 7. The Labute approximate surface area is 131 Å². The Kier molecular flexibility index (Phi) is 5.76. The normalized spacial score (nSPS) is 12.4. The van der Waals surface area contributed by atoms with E-state index in [0.29, 0.717) is 0 Å². The standard InChI is InChI=1S/C17H24N2OS/c1-5-8-18-15(16-11-21-13(3)19-16)10-14-9-12(2)6-7-17(14)20-4/h6-7,9,11,15,18H,5,8,10H2,1-4H3. The summed E-state index contributed by atoms with van der Waals surface area (Å²) in [6.07, 6.45) is 2.01. The largest absolute Gasteiger partial charge is 0.496 e. The third kappa shape index (κ3) is 4.29. The minimum absolute atomic E-state index is 0.241. The molecule has 1 unspecified atom stereocenters. The fourth-order valence-electron chi connectivity index (χ4n) is 2.43. The van der Waals surface area contributed by atoms with Crippen LogP contribution in [0, 0.1) is 13.8 Å². The van der Waals surface area contributed by atoms with Crippen molar-refractivity contribution >= 4 is 11.3 Å². The highest BCUT2D eigenvalue weighted by Gasteiger charge is 2.17. The second kappa shape index (κ2) is 7.57. The summed E-state index contributed by atoms with van der Waals surface area (Å²) < 4.78 is 5.50. The Balaban J connectivity index is 2.24. The van der Waals surface area contributed by atoms with E-state index in [1.165, 1.54) is 11.1 Å². The Morgan fingerprint density at radius 1 is 1.33 bits per heavy atom. The first-order chi connectivity index (χ1) is 10.1. The van der Waals surface area contributed by atoms with Crippen molar-refractivity contribution in [3.63, 3.8) is 0 Å². The molecule has 0 amide bonds. The van der Waals surface area contributed by atoms with Crippen molar-refractivity contribution < 1.29 is 4.74 Å². The number of aryl methyl sites for hydroxylation is 2.